The van der Waals surface area contributed by atoms with Crippen LogP contribution in [0.25, 0.3) is 0 Å². The number of rotatable bonds is 4. The Morgan fingerprint density at radius 3 is 2.32 bits per heavy atom. The van der Waals surface area contributed by atoms with Gasteiger partial charge in [0.1, 0.15) is 11.5 Å². The second kappa shape index (κ2) is 8.04. The van der Waals surface area contributed by atoms with Gasteiger partial charge in [-0.25, -0.2) is 9.67 Å². The van der Waals surface area contributed by atoms with Crippen LogP contribution < -0.4 is 16.5 Å². The van der Waals surface area contributed by atoms with Gasteiger partial charge in [-0.15, -0.1) is 0 Å². The third kappa shape index (κ3) is 4.40. The van der Waals surface area contributed by atoms with Crippen molar-refractivity contribution in [1.29, 1.82) is 0 Å². The molecule has 1 N–H and O–H groups in total. The second-order valence-corrected chi connectivity index (χ2v) is 9.68. The summed E-state index contributed by atoms with van der Waals surface area (Å²) in [6.07, 6.45) is 4.21. The summed E-state index contributed by atoms with van der Waals surface area (Å²) >= 11 is 0. The lowest BCUT2D eigenvalue weighted by Gasteiger charge is -2.32. The summed E-state index contributed by atoms with van der Waals surface area (Å²) in [6, 6.07) is 5.73. The van der Waals surface area contributed by atoms with Crippen LogP contribution in [-0.2, 0) is 16.4 Å². The standard InChI is InChI=1S/C22H32BN5O3/c1-21(2)22(3,4)31-23(30-21)18-13-17(20(29)28(6)26-18)25-19-8-7-16(14-24-19)15-9-11-27(5)12-10-15/h7-8,13-15H,9-12H2,1-6H3,(H,24,25). The number of hydrogen-bond donors (Lipinski definition) is 1. The minimum Gasteiger partial charge on any atom is -0.398 e. The molecule has 2 saturated heterocycles. The zero-order chi connectivity index (χ0) is 22.4. The molecular formula is C22H32BN5O3. The van der Waals surface area contributed by atoms with Crippen LogP contribution in [0.3, 0.4) is 0 Å². The van der Waals surface area contributed by atoms with Crippen molar-refractivity contribution in [2.45, 2.75) is 57.7 Å². The SMILES string of the molecule is CN1CCC(c2ccc(Nc3cc(B4OC(C)(C)C(C)(C)O4)nn(C)c3=O)nc2)CC1. The fraction of sp³-hybridized carbons (Fsp3) is 0.591. The summed E-state index contributed by atoms with van der Waals surface area (Å²) in [5.74, 6) is 1.17. The zero-order valence-electron chi connectivity index (χ0n) is 19.3. The average Bonchev–Trinajstić information content (AvgIpc) is 2.94. The van der Waals surface area contributed by atoms with Gasteiger partial charge >= 0.3 is 7.12 Å². The Balaban J connectivity index is 1.53. The maximum Gasteiger partial charge on any atom is 0.516 e. The van der Waals surface area contributed by atoms with E-state index in [1.54, 1.807) is 13.1 Å². The van der Waals surface area contributed by atoms with E-state index in [2.05, 4.69) is 33.4 Å². The van der Waals surface area contributed by atoms with Crippen molar-refractivity contribution >= 4 is 24.2 Å². The molecule has 2 aliphatic rings. The van der Waals surface area contributed by atoms with Crippen molar-refractivity contribution in [3.05, 3.63) is 40.3 Å². The molecule has 9 heteroatoms. The number of anilines is 2. The molecule has 0 bridgehead atoms. The van der Waals surface area contributed by atoms with Crippen molar-refractivity contribution in [2.75, 3.05) is 25.5 Å². The number of likely N-dealkylation sites (tertiary alicyclic amines) is 1. The number of piperidine rings is 1. The molecule has 2 aromatic heterocycles. The quantitative estimate of drug-likeness (QED) is 0.751. The molecule has 0 spiro atoms. The summed E-state index contributed by atoms with van der Waals surface area (Å²) in [7, 11) is 3.14. The lowest BCUT2D eigenvalue weighted by atomic mass is 9.84. The van der Waals surface area contributed by atoms with E-state index in [1.807, 2.05) is 40.0 Å². The minimum atomic E-state index is -0.642. The molecule has 4 heterocycles. The van der Waals surface area contributed by atoms with Gasteiger partial charge in [0.25, 0.3) is 5.56 Å². The minimum absolute atomic E-state index is 0.235. The summed E-state index contributed by atoms with van der Waals surface area (Å²) in [4.78, 5) is 19.6. The van der Waals surface area contributed by atoms with Gasteiger partial charge in [-0.1, -0.05) is 6.07 Å². The molecule has 0 aromatic carbocycles. The number of nitrogens with one attached hydrogen (secondary N) is 1. The smallest absolute Gasteiger partial charge is 0.398 e. The number of aryl methyl sites for hydroxylation is 1. The highest BCUT2D eigenvalue weighted by Crippen LogP contribution is 2.36. The summed E-state index contributed by atoms with van der Waals surface area (Å²) in [6.45, 7) is 10.2. The highest BCUT2D eigenvalue weighted by Gasteiger charge is 2.52. The van der Waals surface area contributed by atoms with E-state index >= 15 is 0 Å². The molecule has 4 rings (SSSR count). The molecule has 2 aromatic rings. The summed E-state index contributed by atoms with van der Waals surface area (Å²) in [5, 5.41) is 7.51. The van der Waals surface area contributed by atoms with E-state index in [0.717, 1.165) is 25.9 Å². The molecule has 8 nitrogen and oxygen atoms in total. The molecule has 0 saturated carbocycles. The zero-order valence-corrected chi connectivity index (χ0v) is 19.3. The van der Waals surface area contributed by atoms with Crippen molar-refractivity contribution in [3.63, 3.8) is 0 Å². The summed E-state index contributed by atoms with van der Waals surface area (Å²) in [5.41, 5.74) is 0.994. The normalized spacial score (nSPS) is 21.4. The Kier molecular flexibility index (Phi) is 5.70. The molecule has 0 radical (unpaired) electrons. The first kappa shape index (κ1) is 22.0. The fourth-order valence-corrected chi connectivity index (χ4v) is 4.00. The second-order valence-electron chi connectivity index (χ2n) is 9.68. The van der Waals surface area contributed by atoms with Crippen LogP contribution in [0, 0.1) is 0 Å². The number of pyridine rings is 1. The van der Waals surface area contributed by atoms with Crippen LogP contribution in [0.5, 0.6) is 0 Å². The van der Waals surface area contributed by atoms with E-state index in [-0.39, 0.29) is 5.56 Å². The van der Waals surface area contributed by atoms with Crippen LogP contribution in [0.4, 0.5) is 11.5 Å². The van der Waals surface area contributed by atoms with Gasteiger partial charge in [0.15, 0.2) is 0 Å². The van der Waals surface area contributed by atoms with Gasteiger partial charge in [-0.2, -0.15) is 5.10 Å². The van der Waals surface area contributed by atoms with E-state index < -0.39 is 18.3 Å². The van der Waals surface area contributed by atoms with Crippen LogP contribution in [0.2, 0.25) is 0 Å². The van der Waals surface area contributed by atoms with Gasteiger partial charge in [0.05, 0.1) is 16.8 Å². The summed E-state index contributed by atoms with van der Waals surface area (Å²) < 4.78 is 13.5. The Morgan fingerprint density at radius 1 is 1.10 bits per heavy atom. The van der Waals surface area contributed by atoms with Gasteiger partial charge in [-0.3, -0.25) is 4.79 Å². The molecule has 0 amide bonds. The van der Waals surface area contributed by atoms with Crippen LogP contribution in [0.15, 0.2) is 29.2 Å². The molecule has 31 heavy (non-hydrogen) atoms. The molecule has 0 atom stereocenters. The maximum absolute atomic E-state index is 12.7. The Bertz CT molecular complexity index is 981. The molecule has 0 aliphatic carbocycles. The van der Waals surface area contributed by atoms with E-state index in [0.29, 0.717) is 23.0 Å². The van der Waals surface area contributed by atoms with Crippen LogP contribution >= 0.6 is 0 Å². The van der Waals surface area contributed by atoms with Gasteiger partial charge < -0.3 is 19.5 Å². The van der Waals surface area contributed by atoms with Crippen LogP contribution in [0.1, 0.15) is 52.0 Å². The molecule has 0 unspecified atom stereocenters. The number of nitrogens with zero attached hydrogens (tertiary/aromatic N) is 4. The van der Waals surface area contributed by atoms with Gasteiger partial charge in [0.2, 0.25) is 0 Å². The van der Waals surface area contributed by atoms with E-state index in [4.69, 9.17) is 9.31 Å². The first-order chi connectivity index (χ1) is 14.6. The number of aromatic nitrogens is 3. The molecule has 2 aliphatic heterocycles. The van der Waals surface area contributed by atoms with Gasteiger partial charge in [-0.05, 0) is 84.3 Å². The lowest BCUT2D eigenvalue weighted by Crippen LogP contribution is -2.41. The van der Waals surface area contributed by atoms with Crippen LogP contribution in [-0.4, -0.2) is 58.1 Å². The Labute approximate surface area is 184 Å². The Morgan fingerprint density at radius 2 is 1.74 bits per heavy atom. The molecule has 166 valence electrons. The highest BCUT2D eigenvalue weighted by atomic mass is 16.7. The first-order valence-corrected chi connectivity index (χ1v) is 10.9. The van der Waals surface area contributed by atoms with Crippen molar-refractivity contribution in [3.8, 4) is 0 Å². The van der Waals surface area contributed by atoms with Crippen molar-refractivity contribution in [2.24, 2.45) is 7.05 Å². The predicted molar refractivity (Wildman–Crippen MR) is 122 cm³/mol. The fourth-order valence-electron chi connectivity index (χ4n) is 4.00. The van der Waals surface area contributed by atoms with Gasteiger partial charge in [0, 0.05) is 13.2 Å². The Hall–Kier alpha value is -2.23. The molecule has 2 fully saturated rings. The monoisotopic (exact) mass is 425 g/mol. The third-order valence-electron chi connectivity index (χ3n) is 6.82. The van der Waals surface area contributed by atoms with Crippen molar-refractivity contribution < 1.29 is 9.31 Å². The highest BCUT2D eigenvalue weighted by molar-refractivity contribution is 6.61. The number of hydrogen-bond acceptors (Lipinski definition) is 7. The molecular weight excluding hydrogens is 393 g/mol. The maximum atomic E-state index is 12.7. The van der Waals surface area contributed by atoms with E-state index in [9.17, 15) is 4.79 Å². The first-order valence-electron chi connectivity index (χ1n) is 10.9. The lowest BCUT2D eigenvalue weighted by molar-refractivity contribution is 0.00578. The van der Waals surface area contributed by atoms with E-state index in [1.165, 1.54) is 10.2 Å². The largest absolute Gasteiger partial charge is 0.516 e. The topological polar surface area (TPSA) is 81.5 Å². The predicted octanol–water partition coefficient (Wildman–Crippen LogP) is 2.03. The van der Waals surface area contributed by atoms with Crippen molar-refractivity contribution in [1.82, 2.24) is 19.7 Å². The third-order valence-corrected chi connectivity index (χ3v) is 6.82. The average molecular weight is 425 g/mol.